The molecule has 2 heterocycles. The van der Waals surface area contributed by atoms with Gasteiger partial charge in [-0.1, -0.05) is 30.3 Å². The lowest BCUT2D eigenvalue weighted by Crippen LogP contribution is -2.50. The molecule has 26 heavy (non-hydrogen) atoms. The van der Waals surface area contributed by atoms with Gasteiger partial charge in [0.25, 0.3) is 0 Å². The Morgan fingerprint density at radius 2 is 1.96 bits per heavy atom. The van der Waals surface area contributed by atoms with Gasteiger partial charge in [0.15, 0.2) is 0 Å². The fourth-order valence-electron chi connectivity index (χ4n) is 3.39. The predicted octanol–water partition coefficient (Wildman–Crippen LogP) is 2.93. The van der Waals surface area contributed by atoms with Crippen molar-refractivity contribution >= 4 is 6.03 Å². The smallest absolute Gasteiger partial charge is 0.317 e. The fraction of sp³-hybridized carbons (Fsp3) is 0.429. The standard InChI is InChI=1S/C21H28N4O/c1-24(15-11-18-9-12-22-13-10-18)21(26)23-20-8-5-14-25(17-20)16-19-6-3-2-4-7-19/h2-4,6-7,9-10,12-13,20H,5,8,11,14-17H2,1H3,(H,23,26). The third-order valence-corrected chi connectivity index (χ3v) is 4.91. The van der Waals surface area contributed by atoms with Gasteiger partial charge in [-0.05, 0) is 49.1 Å². The van der Waals surface area contributed by atoms with Crippen molar-refractivity contribution in [2.24, 2.45) is 0 Å². The number of hydrogen-bond acceptors (Lipinski definition) is 3. The van der Waals surface area contributed by atoms with E-state index in [0.717, 1.165) is 38.9 Å². The number of nitrogens with zero attached hydrogens (tertiary/aromatic N) is 3. The van der Waals surface area contributed by atoms with E-state index in [2.05, 4.69) is 39.5 Å². The third kappa shape index (κ3) is 5.56. The molecule has 3 rings (SSSR count). The third-order valence-electron chi connectivity index (χ3n) is 4.91. The minimum absolute atomic E-state index is 0.0191. The first-order valence-electron chi connectivity index (χ1n) is 9.37. The second-order valence-corrected chi connectivity index (χ2v) is 7.04. The Morgan fingerprint density at radius 1 is 1.19 bits per heavy atom. The lowest BCUT2D eigenvalue weighted by molar-refractivity contribution is 0.168. The summed E-state index contributed by atoms with van der Waals surface area (Å²) in [4.78, 5) is 20.7. The van der Waals surface area contributed by atoms with E-state index in [1.807, 2.05) is 25.2 Å². The molecule has 138 valence electrons. The van der Waals surface area contributed by atoms with Crippen LogP contribution in [0.4, 0.5) is 4.79 Å². The Bertz CT molecular complexity index is 677. The molecule has 2 amide bonds. The lowest BCUT2D eigenvalue weighted by Gasteiger charge is -2.34. The van der Waals surface area contributed by atoms with Gasteiger partial charge in [0.05, 0.1) is 0 Å². The zero-order chi connectivity index (χ0) is 18.2. The summed E-state index contributed by atoms with van der Waals surface area (Å²) >= 11 is 0. The van der Waals surface area contributed by atoms with E-state index >= 15 is 0 Å². The van der Waals surface area contributed by atoms with Gasteiger partial charge in [-0.2, -0.15) is 0 Å². The maximum absolute atomic E-state index is 12.5. The van der Waals surface area contributed by atoms with Crippen LogP contribution in [0.5, 0.6) is 0 Å². The van der Waals surface area contributed by atoms with Crippen LogP contribution in [-0.4, -0.2) is 53.5 Å². The molecule has 5 nitrogen and oxygen atoms in total. The second-order valence-electron chi connectivity index (χ2n) is 7.04. The molecule has 1 atom stereocenters. The van der Waals surface area contributed by atoms with Crippen molar-refractivity contribution in [3.8, 4) is 0 Å². The van der Waals surface area contributed by atoms with Gasteiger partial charge < -0.3 is 10.2 Å². The molecular formula is C21H28N4O. The van der Waals surface area contributed by atoms with Gasteiger partial charge >= 0.3 is 6.03 Å². The summed E-state index contributed by atoms with van der Waals surface area (Å²) in [6, 6.07) is 14.8. The maximum Gasteiger partial charge on any atom is 0.317 e. The molecular weight excluding hydrogens is 324 g/mol. The Morgan fingerprint density at radius 3 is 2.73 bits per heavy atom. The number of aromatic nitrogens is 1. The molecule has 0 spiro atoms. The number of likely N-dealkylation sites (tertiary alicyclic amines) is 1. The SMILES string of the molecule is CN(CCc1ccncc1)C(=O)NC1CCCN(Cc2ccccc2)C1. The zero-order valence-corrected chi connectivity index (χ0v) is 15.5. The molecule has 1 fully saturated rings. The summed E-state index contributed by atoms with van der Waals surface area (Å²) < 4.78 is 0. The second kappa shape index (κ2) is 9.34. The number of benzene rings is 1. The lowest BCUT2D eigenvalue weighted by atomic mass is 10.0. The molecule has 0 aliphatic carbocycles. The van der Waals surface area contributed by atoms with Crippen molar-refractivity contribution in [3.63, 3.8) is 0 Å². The highest BCUT2D eigenvalue weighted by Crippen LogP contribution is 2.14. The largest absolute Gasteiger partial charge is 0.334 e. The molecule has 1 aromatic carbocycles. The molecule has 0 radical (unpaired) electrons. The minimum Gasteiger partial charge on any atom is -0.334 e. The number of piperidine rings is 1. The van der Waals surface area contributed by atoms with Gasteiger partial charge in [-0.25, -0.2) is 4.79 Å². The predicted molar refractivity (Wildman–Crippen MR) is 104 cm³/mol. The van der Waals surface area contributed by atoms with E-state index in [4.69, 9.17) is 0 Å². The normalized spacial score (nSPS) is 17.7. The van der Waals surface area contributed by atoms with Crippen LogP contribution in [0.1, 0.15) is 24.0 Å². The molecule has 2 aromatic rings. The Hall–Kier alpha value is -2.40. The first-order valence-corrected chi connectivity index (χ1v) is 9.37. The molecule has 0 bridgehead atoms. The van der Waals surface area contributed by atoms with Gasteiger partial charge in [-0.3, -0.25) is 9.88 Å². The topological polar surface area (TPSA) is 48.5 Å². The van der Waals surface area contributed by atoms with Gasteiger partial charge in [-0.15, -0.1) is 0 Å². The first-order chi connectivity index (χ1) is 12.7. The summed E-state index contributed by atoms with van der Waals surface area (Å²) in [6.07, 6.45) is 6.60. The number of carbonyl (C=O) groups is 1. The number of hydrogen-bond donors (Lipinski definition) is 1. The van der Waals surface area contributed by atoms with E-state index in [0.29, 0.717) is 6.54 Å². The number of urea groups is 1. The van der Waals surface area contributed by atoms with Crippen molar-refractivity contribution in [3.05, 3.63) is 66.0 Å². The first kappa shape index (κ1) is 18.4. The van der Waals surface area contributed by atoms with Crippen LogP contribution in [0.3, 0.4) is 0 Å². The molecule has 5 heteroatoms. The minimum atomic E-state index is 0.0191. The number of carbonyl (C=O) groups excluding carboxylic acids is 1. The van der Waals surface area contributed by atoms with E-state index in [1.165, 1.54) is 11.1 Å². The number of amides is 2. The molecule has 0 saturated carbocycles. The highest BCUT2D eigenvalue weighted by atomic mass is 16.2. The van der Waals surface area contributed by atoms with E-state index in [9.17, 15) is 4.79 Å². The zero-order valence-electron chi connectivity index (χ0n) is 15.5. The average Bonchev–Trinajstić information content (AvgIpc) is 2.68. The summed E-state index contributed by atoms with van der Waals surface area (Å²) in [5, 5.41) is 3.20. The van der Waals surface area contributed by atoms with Crippen LogP contribution in [0.25, 0.3) is 0 Å². The quantitative estimate of drug-likeness (QED) is 0.870. The Balaban J connectivity index is 1.44. The number of likely N-dealkylation sites (N-methyl/N-ethyl adjacent to an activating group) is 1. The van der Waals surface area contributed by atoms with E-state index in [-0.39, 0.29) is 12.1 Å². The van der Waals surface area contributed by atoms with E-state index in [1.54, 1.807) is 17.3 Å². The number of pyridine rings is 1. The molecule has 1 saturated heterocycles. The summed E-state index contributed by atoms with van der Waals surface area (Å²) in [5.74, 6) is 0. The van der Waals surface area contributed by atoms with Gasteiger partial charge in [0.1, 0.15) is 0 Å². The van der Waals surface area contributed by atoms with Crippen LogP contribution < -0.4 is 5.32 Å². The average molecular weight is 352 g/mol. The molecule has 1 aliphatic rings. The van der Waals surface area contributed by atoms with Crippen molar-refractivity contribution in [1.82, 2.24) is 20.1 Å². The number of nitrogens with one attached hydrogen (secondary N) is 1. The summed E-state index contributed by atoms with van der Waals surface area (Å²) in [7, 11) is 1.86. The van der Waals surface area contributed by atoms with Crippen LogP contribution >= 0.6 is 0 Å². The van der Waals surface area contributed by atoms with E-state index < -0.39 is 0 Å². The maximum atomic E-state index is 12.5. The molecule has 1 N–H and O–H groups in total. The molecule has 1 aliphatic heterocycles. The highest BCUT2D eigenvalue weighted by Gasteiger charge is 2.22. The van der Waals surface area contributed by atoms with Crippen LogP contribution in [0.15, 0.2) is 54.9 Å². The van der Waals surface area contributed by atoms with Crippen LogP contribution in [0, 0.1) is 0 Å². The number of rotatable bonds is 6. The van der Waals surface area contributed by atoms with Crippen LogP contribution in [-0.2, 0) is 13.0 Å². The molecule has 1 aromatic heterocycles. The highest BCUT2D eigenvalue weighted by molar-refractivity contribution is 5.74. The fourth-order valence-corrected chi connectivity index (χ4v) is 3.39. The van der Waals surface area contributed by atoms with Crippen molar-refractivity contribution < 1.29 is 4.79 Å². The van der Waals surface area contributed by atoms with Crippen LogP contribution in [0.2, 0.25) is 0 Å². The molecule has 1 unspecified atom stereocenters. The summed E-state index contributed by atoms with van der Waals surface area (Å²) in [6.45, 7) is 3.67. The van der Waals surface area contributed by atoms with Crippen molar-refractivity contribution in [1.29, 1.82) is 0 Å². The Kier molecular flexibility index (Phi) is 6.61. The monoisotopic (exact) mass is 352 g/mol. The summed E-state index contributed by atoms with van der Waals surface area (Å²) in [5.41, 5.74) is 2.53. The van der Waals surface area contributed by atoms with Gasteiger partial charge in [0.2, 0.25) is 0 Å². The van der Waals surface area contributed by atoms with Crippen molar-refractivity contribution in [2.45, 2.75) is 31.8 Å². The Labute approximate surface area is 156 Å². The van der Waals surface area contributed by atoms with Crippen molar-refractivity contribution in [2.75, 3.05) is 26.7 Å². The van der Waals surface area contributed by atoms with Gasteiger partial charge in [0, 0.05) is 45.1 Å².